The highest BCUT2D eigenvalue weighted by Gasteiger charge is 2.29. The van der Waals surface area contributed by atoms with Crippen molar-refractivity contribution in [3.05, 3.63) is 22.7 Å². The third-order valence-electron chi connectivity index (χ3n) is 5.88. The highest BCUT2D eigenvalue weighted by atomic mass is 32.1. The van der Waals surface area contributed by atoms with Crippen molar-refractivity contribution in [2.45, 2.75) is 63.8 Å². The number of hydrogen-bond donors (Lipinski definition) is 1. The molecule has 0 spiro atoms. The van der Waals surface area contributed by atoms with Gasteiger partial charge in [0.15, 0.2) is 0 Å². The molecule has 0 aromatic carbocycles. The lowest BCUT2D eigenvalue weighted by Crippen LogP contribution is -2.48. The van der Waals surface area contributed by atoms with Crippen LogP contribution >= 0.6 is 11.3 Å². The van der Waals surface area contributed by atoms with Gasteiger partial charge in [-0.1, -0.05) is 19.3 Å². The summed E-state index contributed by atoms with van der Waals surface area (Å²) in [7, 11) is 0. The van der Waals surface area contributed by atoms with E-state index in [0.717, 1.165) is 37.8 Å². The average molecular weight is 417 g/mol. The number of aromatic nitrogens is 2. The molecule has 7 nitrogen and oxygen atoms in total. The molecule has 156 valence electrons. The molecular formula is C21H28N4O3S. The van der Waals surface area contributed by atoms with E-state index in [4.69, 9.17) is 4.42 Å². The molecule has 1 N–H and O–H groups in total. The molecule has 1 aliphatic carbocycles. The Balaban J connectivity index is 1.25. The molecule has 1 atom stereocenters. The SMILES string of the molecule is O=C(NC1CCCCC1)C1CCCN(C(=O)CCc2nnc(-c3ccsc3)o2)C1. The molecule has 29 heavy (non-hydrogen) atoms. The zero-order valence-corrected chi connectivity index (χ0v) is 17.5. The Labute approximate surface area is 174 Å². The quantitative estimate of drug-likeness (QED) is 0.779. The summed E-state index contributed by atoms with van der Waals surface area (Å²) in [4.78, 5) is 27.1. The third-order valence-corrected chi connectivity index (χ3v) is 6.57. The second-order valence-electron chi connectivity index (χ2n) is 8.04. The molecule has 1 unspecified atom stereocenters. The number of nitrogens with one attached hydrogen (secondary N) is 1. The number of amides is 2. The summed E-state index contributed by atoms with van der Waals surface area (Å²) in [6.45, 7) is 1.23. The zero-order chi connectivity index (χ0) is 20.1. The first-order valence-corrected chi connectivity index (χ1v) is 11.6. The van der Waals surface area contributed by atoms with Crippen molar-refractivity contribution in [3.63, 3.8) is 0 Å². The van der Waals surface area contributed by atoms with Gasteiger partial charge in [-0.3, -0.25) is 9.59 Å². The van der Waals surface area contributed by atoms with Gasteiger partial charge < -0.3 is 14.6 Å². The molecule has 0 bridgehead atoms. The second kappa shape index (κ2) is 9.52. The number of carbonyl (C=O) groups is 2. The summed E-state index contributed by atoms with van der Waals surface area (Å²) in [5, 5.41) is 15.2. The lowest BCUT2D eigenvalue weighted by Gasteiger charge is -2.33. The van der Waals surface area contributed by atoms with Crippen LogP contribution in [0.2, 0.25) is 0 Å². The minimum Gasteiger partial charge on any atom is -0.421 e. The molecule has 4 rings (SSSR count). The Morgan fingerprint density at radius 2 is 2.03 bits per heavy atom. The highest BCUT2D eigenvalue weighted by Crippen LogP contribution is 2.23. The van der Waals surface area contributed by atoms with Crippen LogP contribution < -0.4 is 5.32 Å². The van der Waals surface area contributed by atoms with Gasteiger partial charge in [0.05, 0.1) is 5.92 Å². The molecule has 2 aromatic heterocycles. The van der Waals surface area contributed by atoms with Gasteiger partial charge in [-0.15, -0.1) is 10.2 Å². The van der Waals surface area contributed by atoms with Gasteiger partial charge in [-0.05, 0) is 37.1 Å². The van der Waals surface area contributed by atoms with E-state index in [-0.39, 0.29) is 17.7 Å². The Bertz CT molecular complexity index is 814. The van der Waals surface area contributed by atoms with Gasteiger partial charge in [0.1, 0.15) is 0 Å². The maximum absolute atomic E-state index is 12.7. The number of piperidine rings is 1. The first-order chi connectivity index (χ1) is 14.2. The second-order valence-corrected chi connectivity index (χ2v) is 8.82. The number of hydrogen-bond acceptors (Lipinski definition) is 6. The van der Waals surface area contributed by atoms with Gasteiger partial charge in [0.2, 0.25) is 23.6 Å². The first kappa shape index (κ1) is 20.1. The van der Waals surface area contributed by atoms with Gasteiger partial charge in [-0.25, -0.2) is 0 Å². The Kier molecular flexibility index (Phi) is 6.59. The van der Waals surface area contributed by atoms with E-state index in [1.54, 1.807) is 11.3 Å². The van der Waals surface area contributed by atoms with E-state index in [2.05, 4.69) is 15.5 Å². The summed E-state index contributed by atoms with van der Waals surface area (Å²) < 4.78 is 5.66. The Morgan fingerprint density at radius 1 is 1.17 bits per heavy atom. The average Bonchev–Trinajstić information content (AvgIpc) is 3.45. The van der Waals surface area contributed by atoms with E-state index < -0.39 is 0 Å². The predicted molar refractivity (Wildman–Crippen MR) is 110 cm³/mol. The smallest absolute Gasteiger partial charge is 0.248 e. The number of thiophene rings is 1. The number of likely N-dealkylation sites (tertiary alicyclic amines) is 1. The van der Waals surface area contributed by atoms with Crippen molar-refractivity contribution in [1.29, 1.82) is 0 Å². The van der Waals surface area contributed by atoms with Crippen molar-refractivity contribution >= 4 is 23.2 Å². The fourth-order valence-electron chi connectivity index (χ4n) is 4.21. The summed E-state index contributed by atoms with van der Waals surface area (Å²) >= 11 is 1.57. The van der Waals surface area contributed by atoms with Crippen molar-refractivity contribution < 1.29 is 14.0 Å². The predicted octanol–water partition coefficient (Wildman–Crippen LogP) is 3.42. The number of nitrogens with zero attached hydrogens (tertiary/aromatic N) is 3. The molecule has 2 aliphatic rings. The lowest BCUT2D eigenvalue weighted by atomic mass is 9.93. The Hall–Kier alpha value is -2.22. The van der Waals surface area contributed by atoms with Crippen LogP contribution in [0, 0.1) is 5.92 Å². The van der Waals surface area contributed by atoms with Crippen LogP contribution in [0.4, 0.5) is 0 Å². The standard InChI is InChI=1S/C21H28N4O3S/c26-19(9-8-18-23-24-21(28-18)16-10-12-29-14-16)25-11-4-5-15(13-25)20(27)22-17-6-2-1-3-7-17/h10,12,14-15,17H,1-9,11,13H2,(H,22,27). The van der Waals surface area contributed by atoms with E-state index in [0.29, 0.717) is 37.2 Å². The normalized spacial score (nSPS) is 20.6. The van der Waals surface area contributed by atoms with Crippen LogP contribution in [-0.2, 0) is 16.0 Å². The van der Waals surface area contributed by atoms with Gasteiger partial charge in [-0.2, -0.15) is 11.3 Å². The van der Waals surface area contributed by atoms with Crippen LogP contribution in [0.5, 0.6) is 0 Å². The number of rotatable bonds is 6. The number of carbonyl (C=O) groups excluding carboxylic acids is 2. The van der Waals surface area contributed by atoms with Crippen LogP contribution in [0.25, 0.3) is 11.5 Å². The Morgan fingerprint density at radius 3 is 2.83 bits per heavy atom. The molecule has 3 heterocycles. The summed E-state index contributed by atoms with van der Waals surface area (Å²) in [6.07, 6.45) is 8.30. The summed E-state index contributed by atoms with van der Waals surface area (Å²) in [5.41, 5.74) is 0.905. The summed E-state index contributed by atoms with van der Waals surface area (Å²) in [6, 6.07) is 2.25. The van der Waals surface area contributed by atoms with E-state index >= 15 is 0 Å². The molecule has 1 saturated carbocycles. The van der Waals surface area contributed by atoms with Crippen LogP contribution in [-0.4, -0.2) is 46.0 Å². The van der Waals surface area contributed by atoms with Crippen LogP contribution in [0.3, 0.4) is 0 Å². The summed E-state index contributed by atoms with van der Waals surface area (Å²) in [5.74, 6) is 1.04. The zero-order valence-electron chi connectivity index (χ0n) is 16.6. The molecule has 2 amide bonds. The van der Waals surface area contributed by atoms with E-state index in [1.807, 2.05) is 21.7 Å². The molecule has 2 fully saturated rings. The topological polar surface area (TPSA) is 88.3 Å². The monoisotopic (exact) mass is 416 g/mol. The maximum Gasteiger partial charge on any atom is 0.248 e. The third kappa shape index (κ3) is 5.23. The van der Waals surface area contributed by atoms with E-state index in [1.165, 1.54) is 19.3 Å². The maximum atomic E-state index is 12.7. The van der Waals surface area contributed by atoms with Crippen molar-refractivity contribution in [1.82, 2.24) is 20.4 Å². The van der Waals surface area contributed by atoms with Gasteiger partial charge in [0.25, 0.3) is 0 Å². The van der Waals surface area contributed by atoms with Gasteiger partial charge in [0, 0.05) is 42.9 Å². The van der Waals surface area contributed by atoms with Crippen LogP contribution in [0.1, 0.15) is 57.3 Å². The minimum atomic E-state index is -0.0942. The van der Waals surface area contributed by atoms with Crippen molar-refractivity contribution in [3.8, 4) is 11.5 Å². The molecule has 2 aromatic rings. The first-order valence-electron chi connectivity index (χ1n) is 10.6. The number of aryl methyl sites for hydroxylation is 1. The molecule has 8 heteroatoms. The minimum absolute atomic E-state index is 0.0513. The fraction of sp³-hybridized carbons (Fsp3) is 0.619. The molecule has 0 radical (unpaired) electrons. The molecule has 1 aliphatic heterocycles. The lowest BCUT2D eigenvalue weighted by molar-refractivity contribution is -0.136. The van der Waals surface area contributed by atoms with Gasteiger partial charge >= 0.3 is 0 Å². The fourth-order valence-corrected chi connectivity index (χ4v) is 4.84. The largest absolute Gasteiger partial charge is 0.421 e. The highest BCUT2D eigenvalue weighted by molar-refractivity contribution is 7.08. The van der Waals surface area contributed by atoms with Crippen molar-refractivity contribution in [2.75, 3.05) is 13.1 Å². The molecular weight excluding hydrogens is 388 g/mol. The molecule has 1 saturated heterocycles. The van der Waals surface area contributed by atoms with Crippen molar-refractivity contribution in [2.24, 2.45) is 5.92 Å². The van der Waals surface area contributed by atoms with E-state index in [9.17, 15) is 9.59 Å². The van der Waals surface area contributed by atoms with Crippen LogP contribution in [0.15, 0.2) is 21.2 Å².